The van der Waals surface area contributed by atoms with E-state index in [4.69, 9.17) is 10.3 Å². The van der Waals surface area contributed by atoms with Crippen LogP contribution in [0.1, 0.15) is 38.1 Å². The van der Waals surface area contributed by atoms with Gasteiger partial charge in [0.25, 0.3) is 0 Å². The summed E-state index contributed by atoms with van der Waals surface area (Å²) >= 11 is 0. The second kappa shape index (κ2) is 3.27. The molecular formula is C9H16N2O. The molecule has 0 amide bonds. The van der Waals surface area contributed by atoms with Crippen molar-refractivity contribution in [3.63, 3.8) is 0 Å². The minimum Gasteiger partial charge on any atom is -0.359 e. The Kier molecular flexibility index (Phi) is 2.52. The van der Waals surface area contributed by atoms with E-state index < -0.39 is 0 Å². The molecule has 1 aromatic rings. The van der Waals surface area contributed by atoms with Gasteiger partial charge in [0.2, 0.25) is 0 Å². The first-order valence-corrected chi connectivity index (χ1v) is 4.35. The van der Waals surface area contributed by atoms with E-state index >= 15 is 0 Å². The highest BCUT2D eigenvalue weighted by molar-refractivity contribution is 5.13. The average Bonchev–Trinajstić information content (AvgIpc) is 2.51. The molecule has 1 rings (SSSR count). The lowest BCUT2D eigenvalue weighted by Crippen LogP contribution is -2.34. The van der Waals surface area contributed by atoms with Crippen molar-refractivity contribution < 1.29 is 4.52 Å². The zero-order chi connectivity index (χ0) is 9.19. The maximum absolute atomic E-state index is 6.10. The van der Waals surface area contributed by atoms with Crippen LogP contribution in [0.4, 0.5) is 0 Å². The molecular weight excluding hydrogens is 152 g/mol. The minimum absolute atomic E-state index is 0.332. The van der Waals surface area contributed by atoms with Crippen molar-refractivity contribution in [2.75, 3.05) is 0 Å². The Hall–Kier alpha value is -0.830. The fraction of sp³-hybridized carbons (Fsp3) is 0.667. The molecule has 2 N–H and O–H groups in total. The smallest absolute Gasteiger partial charge is 0.156 e. The third kappa shape index (κ3) is 1.50. The average molecular weight is 168 g/mol. The van der Waals surface area contributed by atoms with Gasteiger partial charge in [-0.3, -0.25) is 0 Å². The van der Waals surface area contributed by atoms with Gasteiger partial charge in [-0.25, -0.2) is 0 Å². The van der Waals surface area contributed by atoms with Crippen molar-refractivity contribution in [1.82, 2.24) is 5.16 Å². The Morgan fingerprint density at radius 2 is 2.08 bits per heavy atom. The molecule has 0 fully saturated rings. The Morgan fingerprint density at radius 3 is 2.42 bits per heavy atom. The number of rotatable bonds is 3. The number of nitrogens with two attached hydrogens (primary N) is 1. The zero-order valence-corrected chi connectivity index (χ0v) is 7.92. The molecule has 0 aliphatic heterocycles. The molecule has 0 atom stereocenters. The molecule has 0 unspecified atom stereocenters. The van der Waals surface area contributed by atoms with Crippen molar-refractivity contribution >= 4 is 0 Å². The number of hydrogen-bond donors (Lipinski definition) is 1. The van der Waals surface area contributed by atoms with Crippen LogP contribution in [-0.4, -0.2) is 5.16 Å². The zero-order valence-electron chi connectivity index (χ0n) is 7.92. The van der Waals surface area contributed by atoms with E-state index in [1.54, 1.807) is 0 Å². The topological polar surface area (TPSA) is 52.0 Å². The van der Waals surface area contributed by atoms with Crippen molar-refractivity contribution in [2.24, 2.45) is 5.73 Å². The van der Waals surface area contributed by atoms with Crippen LogP contribution in [0, 0.1) is 6.92 Å². The van der Waals surface area contributed by atoms with Gasteiger partial charge < -0.3 is 10.3 Å². The summed E-state index contributed by atoms with van der Waals surface area (Å²) in [6.07, 6.45) is 1.75. The molecule has 3 nitrogen and oxygen atoms in total. The SMILES string of the molecule is CCC(N)(CC)c1cc(C)no1. The monoisotopic (exact) mass is 168 g/mol. The van der Waals surface area contributed by atoms with Gasteiger partial charge in [0.05, 0.1) is 11.2 Å². The molecule has 0 saturated heterocycles. The molecule has 0 radical (unpaired) electrons. The molecule has 0 saturated carbocycles. The van der Waals surface area contributed by atoms with Crippen LogP contribution in [0.3, 0.4) is 0 Å². The maximum Gasteiger partial charge on any atom is 0.156 e. The summed E-state index contributed by atoms with van der Waals surface area (Å²) in [6, 6.07) is 1.91. The standard InChI is InChI=1S/C9H16N2O/c1-4-9(10,5-2)8-6-7(3)11-12-8/h6H,4-5,10H2,1-3H3. The highest BCUT2D eigenvalue weighted by Crippen LogP contribution is 2.25. The second-order valence-electron chi connectivity index (χ2n) is 3.20. The first kappa shape index (κ1) is 9.26. The largest absolute Gasteiger partial charge is 0.359 e. The van der Waals surface area contributed by atoms with E-state index in [1.807, 2.05) is 13.0 Å². The van der Waals surface area contributed by atoms with Crippen LogP contribution in [0.5, 0.6) is 0 Å². The van der Waals surface area contributed by atoms with Gasteiger partial charge in [0, 0.05) is 6.07 Å². The predicted octanol–water partition coefficient (Wildman–Crippen LogP) is 1.96. The van der Waals surface area contributed by atoms with Gasteiger partial charge in [0.15, 0.2) is 5.76 Å². The lowest BCUT2D eigenvalue weighted by Gasteiger charge is -2.22. The molecule has 68 valence electrons. The molecule has 1 heterocycles. The van der Waals surface area contributed by atoms with Gasteiger partial charge in [-0.2, -0.15) is 0 Å². The first-order chi connectivity index (χ1) is 5.62. The van der Waals surface area contributed by atoms with Crippen LogP contribution in [0.2, 0.25) is 0 Å². The van der Waals surface area contributed by atoms with Crippen molar-refractivity contribution in [2.45, 2.75) is 39.2 Å². The third-order valence-electron chi connectivity index (χ3n) is 2.38. The van der Waals surface area contributed by atoms with Gasteiger partial charge in [0.1, 0.15) is 0 Å². The number of aryl methyl sites for hydroxylation is 1. The summed E-state index contributed by atoms with van der Waals surface area (Å²) in [5.74, 6) is 0.796. The van der Waals surface area contributed by atoms with Gasteiger partial charge in [-0.05, 0) is 19.8 Å². The summed E-state index contributed by atoms with van der Waals surface area (Å²) in [6.45, 7) is 6.02. The van der Waals surface area contributed by atoms with Crippen LogP contribution in [-0.2, 0) is 5.54 Å². The fourth-order valence-electron chi connectivity index (χ4n) is 1.20. The van der Waals surface area contributed by atoms with Crippen molar-refractivity contribution in [3.8, 4) is 0 Å². The highest BCUT2D eigenvalue weighted by atomic mass is 16.5. The Morgan fingerprint density at radius 1 is 1.50 bits per heavy atom. The lowest BCUT2D eigenvalue weighted by molar-refractivity contribution is 0.276. The van der Waals surface area contributed by atoms with Crippen molar-refractivity contribution in [1.29, 1.82) is 0 Å². The molecule has 3 heteroatoms. The first-order valence-electron chi connectivity index (χ1n) is 4.35. The van der Waals surface area contributed by atoms with Crippen LogP contribution < -0.4 is 5.73 Å². The minimum atomic E-state index is -0.332. The summed E-state index contributed by atoms with van der Waals surface area (Å²) in [5, 5.41) is 3.82. The molecule has 0 aliphatic carbocycles. The summed E-state index contributed by atoms with van der Waals surface area (Å²) in [4.78, 5) is 0. The summed E-state index contributed by atoms with van der Waals surface area (Å²) < 4.78 is 5.14. The predicted molar refractivity (Wildman–Crippen MR) is 47.7 cm³/mol. The van der Waals surface area contributed by atoms with Crippen LogP contribution >= 0.6 is 0 Å². The highest BCUT2D eigenvalue weighted by Gasteiger charge is 2.27. The van der Waals surface area contributed by atoms with Crippen molar-refractivity contribution in [3.05, 3.63) is 17.5 Å². The number of aromatic nitrogens is 1. The molecule has 0 spiro atoms. The van der Waals surface area contributed by atoms with Crippen LogP contribution in [0.15, 0.2) is 10.6 Å². The fourth-order valence-corrected chi connectivity index (χ4v) is 1.20. The van der Waals surface area contributed by atoms with E-state index in [-0.39, 0.29) is 5.54 Å². The molecule has 0 bridgehead atoms. The second-order valence-corrected chi connectivity index (χ2v) is 3.20. The van der Waals surface area contributed by atoms with E-state index in [0.29, 0.717) is 0 Å². The van der Waals surface area contributed by atoms with E-state index in [1.165, 1.54) is 0 Å². The lowest BCUT2D eigenvalue weighted by atomic mass is 9.91. The Balaban J connectivity index is 2.94. The third-order valence-corrected chi connectivity index (χ3v) is 2.38. The summed E-state index contributed by atoms with van der Waals surface area (Å²) in [7, 11) is 0. The number of hydrogen-bond acceptors (Lipinski definition) is 3. The van der Waals surface area contributed by atoms with E-state index in [9.17, 15) is 0 Å². The van der Waals surface area contributed by atoms with Gasteiger partial charge in [-0.1, -0.05) is 19.0 Å². The normalized spacial score (nSPS) is 12.0. The number of nitrogens with zero attached hydrogens (tertiary/aromatic N) is 1. The molecule has 1 aromatic heterocycles. The maximum atomic E-state index is 6.10. The van der Waals surface area contributed by atoms with E-state index in [0.717, 1.165) is 24.3 Å². The van der Waals surface area contributed by atoms with Gasteiger partial charge in [-0.15, -0.1) is 0 Å². The van der Waals surface area contributed by atoms with Crippen LogP contribution in [0.25, 0.3) is 0 Å². The van der Waals surface area contributed by atoms with Gasteiger partial charge >= 0.3 is 0 Å². The molecule has 12 heavy (non-hydrogen) atoms. The Labute approximate surface area is 72.9 Å². The molecule has 0 aliphatic rings. The molecule has 0 aromatic carbocycles. The summed E-state index contributed by atoms with van der Waals surface area (Å²) in [5.41, 5.74) is 6.66. The Bertz CT molecular complexity index is 251. The quantitative estimate of drug-likeness (QED) is 0.750. The van der Waals surface area contributed by atoms with E-state index in [2.05, 4.69) is 19.0 Å².